The van der Waals surface area contributed by atoms with Crippen molar-refractivity contribution in [1.29, 1.82) is 0 Å². The molecule has 0 amide bonds. The standard InChI is InChI=1S/C13H19N3O2/c1-11-2-3-13-14-12(10-16(13)8-11)9-15(4-6-17)5-7-18/h2-3,8,10,17-18H,4-7,9H2,1H3. The van der Waals surface area contributed by atoms with Crippen LogP contribution in [0.3, 0.4) is 0 Å². The number of aromatic nitrogens is 2. The van der Waals surface area contributed by atoms with Crippen molar-refractivity contribution < 1.29 is 10.2 Å². The Balaban J connectivity index is 2.14. The van der Waals surface area contributed by atoms with Crippen LogP contribution in [0.25, 0.3) is 5.65 Å². The van der Waals surface area contributed by atoms with Gasteiger partial charge in [-0.05, 0) is 18.6 Å². The summed E-state index contributed by atoms with van der Waals surface area (Å²) in [6.07, 6.45) is 4.03. The summed E-state index contributed by atoms with van der Waals surface area (Å²) in [6, 6.07) is 4.02. The molecular weight excluding hydrogens is 230 g/mol. The third-order valence-electron chi connectivity index (χ3n) is 2.87. The Labute approximate surface area is 106 Å². The predicted octanol–water partition coefficient (Wildman–Crippen LogP) is 0.429. The van der Waals surface area contributed by atoms with E-state index in [0.717, 1.165) is 11.3 Å². The van der Waals surface area contributed by atoms with Crippen LogP contribution in [0.15, 0.2) is 24.5 Å². The van der Waals surface area contributed by atoms with Gasteiger partial charge in [-0.15, -0.1) is 0 Å². The Morgan fingerprint density at radius 3 is 2.56 bits per heavy atom. The lowest BCUT2D eigenvalue weighted by Crippen LogP contribution is -2.29. The highest BCUT2D eigenvalue weighted by atomic mass is 16.3. The third kappa shape index (κ3) is 3.07. The third-order valence-corrected chi connectivity index (χ3v) is 2.87. The molecule has 98 valence electrons. The fraction of sp³-hybridized carbons (Fsp3) is 0.462. The van der Waals surface area contributed by atoms with Gasteiger partial charge in [0.15, 0.2) is 0 Å². The van der Waals surface area contributed by atoms with Crippen LogP contribution in [0.1, 0.15) is 11.3 Å². The number of imidazole rings is 1. The molecule has 18 heavy (non-hydrogen) atoms. The van der Waals surface area contributed by atoms with Crippen molar-refractivity contribution in [3.63, 3.8) is 0 Å². The number of nitrogens with zero attached hydrogens (tertiary/aromatic N) is 3. The molecule has 2 aromatic rings. The molecule has 0 saturated heterocycles. The van der Waals surface area contributed by atoms with Crippen molar-refractivity contribution in [3.8, 4) is 0 Å². The zero-order valence-corrected chi connectivity index (χ0v) is 10.6. The first-order valence-electron chi connectivity index (χ1n) is 6.11. The molecule has 0 fully saturated rings. The van der Waals surface area contributed by atoms with Gasteiger partial charge in [-0.25, -0.2) is 4.98 Å². The molecule has 0 aliphatic carbocycles. The van der Waals surface area contributed by atoms with E-state index in [4.69, 9.17) is 10.2 Å². The van der Waals surface area contributed by atoms with Crippen molar-refractivity contribution in [2.45, 2.75) is 13.5 Å². The van der Waals surface area contributed by atoms with Crippen LogP contribution in [0.5, 0.6) is 0 Å². The Bertz CT molecular complexity index is 504. The first-order chi connectivity index (χ1) is 8.72. The molecule has 2 rings (SSSR count). The van der Waals surface area contributed by atoms with E-state index in [1.165, 1.54) is 5.56 Å². The number of aryl methyl sites for hydroxylation is 1. The summed E-state index contributed by atoms with van der Waals surface area (Å²) in [6.45, 7) is 3.96. The van der Waals surface area contributed by atoms with Gasteiger partial charge in [0, 0.05) is 32.0 Å². The molecule has 2 heterocycles. The molecule has 0 unspecified atom stereocenters. The summed E-state index contributed by atoms with van der Waals surface area (Å²) in [5.74, 6) is 0. The predicted molar refractivity (Wildman–Crippen MR) is 69.4 cm³/mol. The van der Waals surface area contributed by atoms with Gasteiger partial charge in [0.05, 0.1) is 18.9 Å². The van der Waals surface area contributed by atoms with Gasteiger partial charge in [0.25, 0.3) is 0 Å². The zero-order valence-electron chi connectivity index (χ0n) is 10.6. The number of aliphatic hydroxyl groups excluding tert-OH is 2. The van der Waals surface area contributed by atoms with E-state index >= 15 is 0 Å². The molecule has 0 atom stereocenters. The van der Waals surface area contributed by atoms with E-state index in [1.807, 2.05) is 40.8 Å². The quantitative estimate of drug-likeness (QED) is 0.779. The monoisotopic (exact) mass is 249 g/mol. The minimum Gasteiger partial charge on any atom is -0.395 e. The first-order valence-corrected chi connectivity index (χ1v) is 6.11. The van der Waals surface area contributed by atoms with E-state index in [1.54, 1.807) is 0 Å². The first kappa shape index (κ1) is 13.0. The van der Waals surface area contributed by atoms with Crippen molar-refractivity contribution >= 4 is 5.65 Å². The Morgan fingerprint density at radius 2 is 1.89 bits per heavy atom. The van der Waals surface area contributed by atoms with Crippen LogP contribution in [0.2, 0.25) is 0 Å². The molecule has 2 N–H and O–H groups in total. The Morgan fingerprint density at radius 1 is 1.17 bits per heavy atom. The summed E-state index contributed by atoms with van der Waals surface area (Å²) in [5.41, 5.74) is 3.06. The molecule has 0 aliphatic rings. The van der Waals surface area contributed by atoms with Gasteiger partial charge in [-0.1, -0.05) is 6.07 Å². The molecule has 0 aliphatic heterocycles. The van der Waals surface area contributed by atoms with Gasteiger partial charge < -0.3 is 14.6 Å². The van der Waals surface area contributed by atoms with E-state index in [-0.39, 0.29) is 13.2 Å². The number of rotatable bonds is 6. The molecule has 0 aromatic carbocycles. The van der Waals surface area contributed by atoms with E-state index in [9.17, 15) is 0 Å². The van der Waals surface area contributed by atoms with Crippen LogP contribution in [0.4, 0.5) is 0 Å². The molecule has 5 heteroatoms. The van der Waals surface area contributed by atoms with Crippen LogP contribution < -0.4 is 0 Å². The maximum absolute atomic E-state index is 8.97. The zero-order chi connectivity index (χ0) is 13.0. The average molecular weight is 249 g/mol. The lowest BCUT2D eigenvalue weighted by Gasteiger charge is -2.18. The van der Waals surface area contributed by atoms with Crippen LogP contribution >= 0.6 is 0 Å². The largest absolute Gasteiger partial charge is 0.395 e. The van der Waals surface area contributed by atoms with Crippen LogP contribution in [-0.4, -0.2) is 50.8 Å². The van der Waals surface area contributed by atoms with Gasteiger partial charge in [0.2, 0.25) is 0 Å². The fourth-order valence-corrected chi connectivity index (χ4v) is 2.01. The lowest BCUT2D eigenvalue weighted by atomic mass is 10.3. The van der Waals surface area contributed by atoms with Gasteiger partial charge in [-0.2, -0.15) is 0 Å². The molecule has 0 radical (unpaired) electrons. The number of hydrogen-bond acceptors (Lipinski definition) is 4. The van der Waals surface area contributed by atoms with Gasteiger partial charge >= 0.3 is 0 Å². The molecule has 5 nitrogen and oxygen atoms in total. The van der Waals surface area contributed by atoms with Crippen molar-refractivity contribution in [2.24, 2.45) is 0 Å². The van der Waals surface area contributed by atoms with Crippen LogP contribution in [0, 0.1) is 6.92 Å². The van der Waals surface area contributed by atoms with Crippen molar-refractivity contribution in [3.05, 3.63) is 35.8 Å². The second kappa shape index (κ2) is 5.95. The molecule has 0 saturated carbocycles. The topological polar surface area (TPSA) is 61.0 Å². The summed E-state index contributed by atoms with van der Waals surface area (Å²) in [7, 11) is 0. The highest BCUT2D eigenvalue weighted by Crippen LogP contribution is 2.09. The summed E-state index contributed by atoms with van der Waals surface area (Å²) < 4.78 is 2.00. The smallest absolute Gasteiger partial charge is 0.137 e. The number of pyridine rings is 1. The highest BCUT2D eigenvalue weighted by molar-refractivity contribution is 5.41. The minimum absolute atomic E-state index is 0.0898. The average Bonchev–Trinajstić information content (AvgIpc) is 2.71. The van der Waals surface area contributed by atoms with Gasteiger partial charge in [0.1, 0.15) is 5.65 Å². The Kier molecular flexibility index (Phi) is 4.30. The van der Waals surface area contributed by atoms with Crippen molar-refractivity contribution in [2.75, 3.05) is 26.3 Å². The second-order valence-electron chi connectivity index (χ2n) is 4.43. The fourth-order valence-electron chi connectivity index (χ4n) is 2.01. The molecule has 2 aromatic heterocycles. The maximum Gasteiger partial charge on any atom is 0.137 e. The van der Waals surface area contributed by atoms with Crippen LogP contribution in [-0.2, 0) is 6.54 Å². The lowest BCUT2D eigenvalue weighted by molar-refractivity contribution is 0.155. The summed E-state index contributed by atoms with van der Waals surface area (Å²) in [5, 5.41) is 17.9. The minimum atomic E-state index is 0.0898. The van der Waals surface area contributed by atoms with E-state index in [2.05, 4.69) is 4.98 Å². The molecule has 0 spiro atoms. The van der Waals surface area contributed by atoms with Crippen molar-refractivity contribution in [1.82, 2.24) is 14.3 Å². The summed E-state index contributed by atoms with van der Waals surface area (Å²) >= 11 is 0. The highest BCUT2D eigenvalue weighted by Gasteiger charge is 2.08. The second-order valence-corrected chi connectivity index (χ2v) is 4.43. The van der Waals surface area contributed by atoms with E-state index in [0.29, 0.717) is 19.6 Å². The number of aliphatic hydroxyl groups is 2. The summed E-state index contributed by atoms with van der Waals surface area (Å²) in [4.78, 5) is 6.50. The van der Waals surface area contributed by atoms with E-state index < -0.39 is 0 Å². The van der Waals surface area contributed by atoms with Gasteiger partial charge in [-0.3, -0.25) is 4.90 Å². The SMILES string of the molecule is Cc1ccc2nc(CN(CCO)CCO)cn2c1. The molecular formula is C13H19N3O2. The normalized spacial score (nSPS) is 11.6. The number of hydrogen-bond donors (Lipinski definition) is 2. The molecule has 0 bridgehead atoms. The Hall–Kier alpha value is -1.43. The maximum atomic E-state index is 8.97. The number of fused-ring (bicyclic) bond motifs is 1.